The first-order valence-corrected chi connectivity index (χ1v) is 6.58. The van der Waals surface area contributed by atoms with Crippen LogP contribution < -0.4 is 10.6 Å². The van der Waals surface area contributed by atoms with Gasteiger partial charge in [0.2, 0.25) is 0 Å². The molecular weight excluding hydrogens is 251 g/mol. The first-order chi connectivity index (χ1) is 8.28. The van der Waals surface area contributed by atoms with Crippen LogP contribution in [0.3, 0.4) is 0 Å². The van der Waals surface area contributed by atoms with Crippen LogP contribution in [0.15, 0.2) is 18.2 Å². The first kappa shape index (κ1) is 15.4. The second-order valence-corrected chi connectivity index (χ2v) is 6.09. The van der Waals surface area contributed by atoms with Crippen molar-refractivity contribution in [3.05, 3.63) is 34.6 Å². The van der Waals surface area contributed by atoms with E-state index < -0.39 is 0 Å². The zero-order valence-electron chi connectivity index (χ0n) is 11.5. The highest BCUT2D eigenvalue weighted by molar-refractivity contribution is 6.30. The lowest BCUT2D eigenvalue weighted by molar-refractivity contribution is 0.386. The van der Waals surface area contributed by atoms with Gasteiger partial charge in [-0.1, -0.05) is 17.7 Å². The molecule has 0 saturated heterocycles. The number of hydrogen-bond donors (Lipinski definition) is 2. The number of nitrogens with one attached hydrogen (secondary N) is 2. The summed E-state index contributed by atoms with van der Waals surface area (Å²) in [5.74, 6) is -0.258. The summed E-state index contributed by atoms with van der Waals surface area (Å²) >= 11 is 5.71. The second kappa shape index (κ2) is 6.50. The Hall–Kier alpha value is -0.640. The maximum atomic E-state index is 13.5. The molecule has 2 nitrogen and oxygen atoms in total. The molecule has 0 bridgehead atoms. The van der Waals surface area contributed by atoms with Gasteiger partial charge in [-0.05, 0) is 39.8 Å². The van der Waals surface area contributed by atoms with Crippen LogP contribution in [-0.2, 0) is 6.54 Å². The molecule has 102 valence electrons. The van der Waals surface area contributed by atoms with Crippen molar-refractivity contribution in [1.29, 1.82) is 0 Å². The van der Waals surface area contributed by atoms with E-state index in [1.54, 1.807) is 12.1 Å². The Balaban J connectivity index is 2.40. The first-order valence-electron chi connectivity index (χ1n) is 6.20. The van der Waals surface area contributed by atoms with Crippen LogP contribution in [-0.4, -0.2) is 18.1 Å². The van der Waals surface area contributed by atoms with Crippen molar-refractivity contribution in [2.75, 3.05) is 6.54 Å². The Bertz CT molecular complexity index is 388. The van der Waals surface area contributed by atoms with E-state index >= 15 is 0 Å². The summed E-state index contributed by atoms with van der Waals surface area (Å²) in [6, 6.07) is 5.05. The predicted octanol–water partition coefficient (Wildman–Crippen LogP) is 3.35. The molecule has 18 heavy (non-hydrogen) atoms. The van der Waals surface area contributed by atoms with Crippen LogP contribution in [0.1, 0.15) is 33.3 Å². The average Bonchev–Trinajstić information content (AvgIpc) is 2.24. The zero-order chi connectivity index (χ0) is 13.8. The Morgan fingerprint density at radius 1 is 1.33 bits per heavy atom. The van der Waals surface area contributed by atoms with E-state index in [9.17, 15) is 4.39 Å². The highest BCUT2D eigenvalue weighted by atomic mass is 35.5. The van der Waals surface area contributed by atoms with Crippen molar-refractivity contribution >= 4 is 11.6 Å². The van der Waals surface area contributed by atoms with E-state index in [2.05, 4.69) is 38.3 Å². The SMILES string of the molecule is CC(CNC(C)(C)C)NCc1ccc(Cl)cc1F. The van der Waals surface area contributed by atoms with Gasteiger partial charge in [-0.2, -0.15) is 0 Å². The van der Waals surface area contributed by atoms with E-state index in [0.29, 0.717) is 17.1 Å². The highest BCUT2D eigenvalue weighted by Crippen LogP contribution is 2.14. The number of halogens is 2. The second-order valence-electron chi connectivity index (χ2n) is 5.65. The van der Waals surface area contributed by atoms with Gasteiger partial charge in [0.25, 0.3) is 0 Å². The lowest BCUT2D eigenvalue weighted by Crippen LogP contribution is -2.44. The molecule has 4 heteroatoms. The van der Waals surface area contributed by atoms with Crippen molar-refractivity contribution in [3.63, 3.8) is 0 Å². The third-order valence-electron chi connectivity index (χ3n) is 2.59. The Kier molecular flexibility index (Phi) is 5.57. The Morgan fingerprint density at radius 2 is 2.00 bits per heavy atom. The molecule has 0 amide bonds. The molecule has 1 rings (SSSR count). The maximum Gasteiger partial charge on any atom is 0.129 e. The smallest absolute Gasteiger partial charge is 0.129 e. The summed E-state index contributed by atoms with van der Waals surface area (Å²) in [6.07, 6.45) is 0. The monoisotopic (exact) mass is 272 g/mol. The Labute approximate surface area is 114 Å². The number of rotatable bonds is 5. The summed E-state index contributed by atoms with van der Waals surface area (Å²) in [4.78, 5) is 0. The average molecular weight is 273 g/mol. The largest absolute Gasteiger partial charge is 0.311 e. The van der Waals surface area contributed by atoms with Crippen LogP contribution in [0.25, 0.3) is 0 Å². The molecule has 1 unspecified atom stereocenters. The molecule has 0 aliphatic rings. The number of benzene rings is 1. The lowest BCUT2D eigenvalue weighted by Gasteiger charge is -2.24. The fourth-order valence-electron chi connectivity index (χ4n) is 1.48. The van der Waals surface area contributed by atoms with Gasteiger partial charge < -0.3 is 10.6 Å². The molecule has 0 aliphatic carbocycles. The fraction of sp³-hybridized carbons (Fsp3) is 0.571. The molecule has 0 fully saturated rings. The van der Waals surface area contributed by atoms with Gasteiger partial charge in [0.1, 0.15) is 5.82 Å². The summed E-state index contributed by atoms with van der Waals surface area (Å²) in [5, 5.41) is 7.12. The molecule has 0 saturated carbocycles. The predicted molar refractivity (Wildman–Crippen MR) is 75.5 cm³/mol. The molecular formula is C14H22ClFN2. The standard InChI is InChI=1S/C14H22ClFN2/c1-10(8-18-14(2,3)4)17-9-11-5-6-12(15)7-13(11)16/h5-7,10,17-18H,8-9H2,1-4H3. The molecule has 1 aromatic carbocycles. The van der Waals surface area contributed by atoms with Gasteiger partial charge >= 0.3 is 0 Å². The molecule has 0 radical (unpaired) electrons. The van der Waals surface area contributed by atoms with E-state index in [1.807, 2.05) is 0 Å². The zero-order valence-corrected chi connectivity index (χ0v) is 12.2. The quantitative estimate of drug-likeness (QED) is 0.859. The lowest BCUT2D eigenvalue weighted by atomic mass is 10.1. The summed E-state index contributed by atoms with van der Waals surface area (Å²) in [5.41, 5.74) is 0.739. The van der Waals surface area contributed by atoms with Crippen LogP contribution in [0.4, 0.5) is 4.39 Å². The van der Waals surface area contributed by atoms with Gasteiger partial charge in [-0.3, -0.25) is 0 Å². The number of hydrogen-bond acceptors (Lipinski definition) is 2. The molecule has 0 spiro atoms. The third kappa shape index (κ3) is 5.80. The molecule has 0 aliphatic heterocycles. The summed E-state index contributed by atoms with van der Waals surface area (Å²) in [7, 11) is 0. The topological polar surface area (TPSA) is 24.1 Å². The fourth-order valence-corrected chi connectivity index (χ4v) is 1.64. The maximum absolute atomic E-state index is 13.5. The van der Waals surface area contributed by atoms with Crippen molar-refractivity contribution < 1.29 is 4.39 Å². The van der Waals surface area contributed by atoms with Crippen LogP contribution in [0, 0.1) is 5.82 Å². The minimum Gasteiger partial charge on any atom is -0.311 e. The van der Waals surface area contributed by atoms with E-state index in [0.717, 1.165) is 6.54 Å². The minimum atomic E-state index is -0.258. The van der Waals surface area contributed by atoms with Crippen molar-refractivity contribution in [2.45, 2.75) is 45.8 Å². The van der Waals surface area contributed by atoms with Crippen molar-refractivity contribution in [3.8, 4) is 0 Å². The van der Waals surface area contributed by atoms with Gasteiger partial charge in [-0.25, -0.2) is 4.39 Å². The summed E-state index contributed by atoms with van der Waals surface area (Å²) in [6.45, 7) is 9.80. The molecule has 1 atom stereocenters. The van der Waals surface area contributed by atoms with E-state index in [-0.39, 0.29) is 17.4 Å². The van der Waals surface area contributed by atoms with Crippen LogP contribution in [0.5, 0.6) is 0 Å². The third-order valence-corrected chi connectivity index (χ3v) is 2.83. The molecule has 0 aromatic heterocycles. The van der Waals surface area contributed by atoms with Crippen molar-refractivity contribution in [1.82, 2.24) is 10.6 Å². The van der Waals surface area contributed by atoms with Gasteiger partial charge in [0.15, 0.2) is 0 Å². The Morgan fingerprint density at radius 3 is 2.56 bits per heavy atom. The molecule has 1 aromatic rings. The van der Waals surface area contributed by atoms with Crippen molar-refractivity contribution in [2.24, 2.45) is 0 Å². The molecule has 2 N–H and O–H groups in total. The van der Waals surface area contributed by atoms with Gasteiger partial charge in [-0.15, -0.1) is 0 Å². The van der Waals surface area contributed by atoms with E-state index in [4.69, 9.17) is 11.6 Å². The van der Waals surface area contributed by atoms with Crippen LogP contribution >= 0.6 is 11.6 Å². The van der Waals surface area contributed by atoms with E-state index in [1.165, 1.54) is 6.07 Å². The molecule has 0 heterocycles. The van der Waals surface area contributed by atoms with Gasteiger partial charge in [0, 0.05) is 35.3 Å². The highest BCUT2D eigenvalue weighted by Gasteiger charge is 2.11. The van der Waals surface area contributed by atoms with Gasteiger partial charge in [0.05, 0.1) is 0 Å². The van der Waals surface area contributed by atoms with Crippen LogP contribution in [0.2, 0.25) is 5.02 Å². The summed E-state index contributed by atoms with van der Waals surface area (Å²) < 4.78 is 13.5. The normalized spacial score (nSPS) is 13.7. The minimum absolute atomic E-state index is 0.0987.